The van der Waals surface area contributed by atoms with E-state index in [-0.39, 0.29) is 24.7 Å². The van der Waals surface area contributed by atoms with E-state index in [9.17, 15) is 4.79 Å². The smallest absolute Gasteiger partial charge is 0.249 e. The summed E-state index contributed by atoms with van der Waals surface area (Å²) in [6.07, 6.45) is 5.94. The topological polar surface area (TPSA) is 51.9 Å². The molecule has 3 atom stereocenters. The number of nitrogens with zero attached hydrogens (tertiary/aromatic N) is 1. The Morgan fingerprint density at radius 3 is 3.09 bits per heavy atom. The first-order valence-electron chi connectivity index (χ1n) is 8.26. The summed E-state index contributed by atoms with van der Waals surface area (Å²) in [5, 5.41) is 0. The van der Waals surface area contributed by atoms with Gasteiger partial charge in [0.2, 0.25) is 5.91 Å². The van der Waals surface area contributed by atoms with Crippen molar-refractivity contribution in [2.75, 3.05) is 26.4 Å². The largest absolute Gasteiger partial charge is 0.467 e. The molecule has 0 saturated carbocycles. The zero-order valence-corrected chi connectivity index (χ0v) is 13.2. The maximum Gasteiger partial charge on any atom is 0.249 e. The lowest BCUT2D eigenvalue weighted by molar-refractivity contribution is -0.142. The summed E-state index contributed by atoms with van der Waals surface area (Å²) in [6, 6.07) is 3.87. The second-order valence-corrected chi connectivity index (χ2v) is 6.40. The van der Waals surface area contributed by atoms with Gasteiger partial charge in [-0.05, 0) is 43.7 Å². The summed E-state index contributed by atoms with van der Waals surface area (Å²) in [7, 11) is 0. The van der Waals surface area contributed by atoms with Gasteiger partial charge < -0.3 is 18.8 Å². The molecule has 3 heterocycles. The number of amides is 1. The van der Waals surface area contributed by atoms with Crippen LogP contribution in [0.15, 0.2) is 22.8 Å². The van der Waals surface area contributed by atoms with Crippen molar-refractivity contribution in [3.8, 4) is 0 Å². The highest BCUT2D eigenvalue weighted by molar-refractivity contribution is 5.78. The fraction of sp³-hybridized carbons (Fsp3) is 0.706. The molecule has 0 N–H and O–H groups in total. The van der Waals surface area contributed by atoms with Crippen molar-refractivity contribution in [2.45, 2.75) is 44.8 Å². The van der Waals surface area contributed by atoms with Crippen LogP contribution in [0.3, 0.4) is 0 Å². The van der Waals surface area contributed by atoms with Crippen LogP contribution >= 0.6 is 0 Å². The summed E-state index contributed by atoms with van der Waals surface area (Å²) >= 11 is 0. The van der Waals surface area contributed by atoms with E-state index in [4.69, 9.17) is 13.9 Å². The molecular weight excluding hydrogens is 282 g/mol. The fourth-order valence-corrected chi connectivity index (χ4v) is 3.33. The van der Waals surface area contributed by atoms with Gasteiger partial charge in [-0.15, -0.1) is 0 Å². The van der Waals surface area contributed by atoms with E-state index in [0.717, 1.165) is 44.6 Å². The Morgan fingerprint density at radius 2 is 2.36 bits per heavy atom. The number of carbonyl (C=O) groups excluding carboxylic acids is 1. The minimum atomic E-state index is 0.0394. The Kier molecular flexibility index (Phi) is 5.16. The van der Waals surface area contributed by atoms with Crippen LogP contribution in [-0.4, -0.2) is 43.3 Å². The molecule has 1 aromatic heterocycles. The number of hydrogen-bond acceptors (Lipinski definition) is 4. The van der Waals surface area contributed by atoms with Crippen LogP contribution in [0.25, 0.3) is 0 Å². The molecule has 5 nitrogen and oxygen atoms in total. The van der Waals surface area contributed by atoms with Gasteiger partial charge in [0.1, 0.15) is 12.4 Å². The Balaban J connectivity index is 1.54. The molecule has 0 spiro atoms. The van der Waals surface area contributed by atoms with E-state index < -0.39 is 0 Å². The lowest BCUT2D eigenvalue weighted by Crippen LogP contribution is -2.42. The van der Waals surface area contributed by atoms with Crippen LogP contribution in [0, 0.1) is 5.92 Å². The molecule has 3 rings (SSSR count). The van der Waals surface area contributed by atoms with Gasteiger partial charge in [-0.25, -0.2) is 0 Å². The van der Waals surface area contributed by atoms with Crippen molar-refractivity contribution in [2.24, 2.45) is 5.92 Å². The van der Waals surface area contributed by atoms with Gasteiger partial charge >= 0.3 is 0 Å². The van der Waals surface area contributed by atoms with Crippen molar-refractivity contribution in [3.05, 3.63) is 24.2 Å². The highest BCUT2D eigenvalue weighted by Gasteiger charge is 2.32. The van der Waals surface area contributed by atoms with Crippen LogP contribution in [0.4, 0.5) is 0 Å². The molecule has 2 fully saturated rings. The molecule has 2 aliphatic rings. The highest BCUT2D eigenvalue weighted by Crippen LogP contribution is 2.34. The first kappa shape index (κ1) is 15.6. The van der Waals surface area contributed by atoms with E-state index in [2.05, 4.69) is 6.92 Å². The van der Waals surface area contributed by atoms with E-state index in [0.29, 0.717) is 12.5 Å². The first-order chi connectivity index (χ1) is 10.7. The number of furan rings is 1. The molecule has 0 bridgehead atoms. The summed E-state index contributed by atoms with van der Waals surface area (Å²) < 4.78 is 16.6. The summed E-state index contributed by atoms with van der Waals surface area (Å²) in [6.45, 7) is 4.46. The minimum absolute atomic E-state index is 0.0394. The third kappa shape index (κ3) is 3.70. The number of rotatable bonds is 5. The third-order valence-corrected chi connectivity index (χ3v) is 4.61. The Labute approximate surface area is 131 Å². The van der Waals surface area contributed by atoms with Gasteiger partial charge in [-0.1, -0.05) is 6.92 Å². The van der Waals surface area contributed by atoms with Crippen molar-refractivity contribution < 1.29 is 18.7 Å². The first-order valence-corrected chi connectivity index (χ1v) is 8.26. The molecule has 2 aliphatic heterocycles. The molecule has 5 heteroatoms. The Morgan fingerprint density at radius 1 is 1.45 bits per heavy atom. The van der Waals surface area contributed by atoms with Gasteiger partial charge in [0.05, 0.1) is 25.0 Å². The van der Waals surface area contributed by atoms with Gasteiger partial charge in [0.15, 0.2) is 0 Å². The molecule has 122 valence electrons. The van der Waals surface area contributed by atoms with Gasteiger partial charge in [-0.2, -0.15) is 0 Å². The quantitative estimate of drug-likeness (QED) is 0.839. The predicted molar refractivity (Wildman–Crippen MR) is 81.4 cm³/mol. The van der Waals surface area contributed by atoms with Crippen LogP contribution in [0.5, 0.6) is 0 Å². The fourth-order valence-electron chi connectivity index (χ4n) is 3.33. The van der Waals surface area contributed by atoms with Gasteiger partial charge in [0, 0.05) is 13.2 Å². The minimum Gasteiger partial charge on any atom is -0.467 e. The summed E-state index contributed by atoms with van der Waals surface area (Å²) in [5.41, 5.74) is 0. The molecule has 0 radical (unpaired) electrons. The van der Waals surface area contributed by atoms with Crippen LogP contribution in [0.1, 0.15) is 44.4 Å². The molecule has 0 aromatic carbocycles. The third-order valence-electron chi connectivity index (χ3n) is 4.61. The molecule has 0 unspecified atom stereocenters. The Bertz CT molecular complexity index is 467. The number of carbonyl (C=O) groups is 1. The van der Waals surface area contributed by atoms with Gasteiger partial charge in [-0.3, -0.25) is 4.79 Å². The van der Waals surface area contributed by atoms with Crippen molar-refractivity contribution in [1.82, 2.24) is 4.90 Å². The van der Waals surface area contributed by atoms with Crippen LogP contribution in [0.2, 0.25) is 0 Å². The normalized spacial score (nSPS) is 29.0. The molecule has 1 aromatic rings. The van der Waals surface area contributed by atoms with Gasteiger partial charge in [0.25, 0.3) is 0 Å². The maximum atomic E-state index is 12.5. The second kappa shape index (κ2) is 7.29. The standard InChI is InChI=1S/C17H25NO4/c1-13-6-7-18(15(10-13)16-5-3-9-22-16)17(19)12-20-11-14-4-2-8-21-14/h3,5,9,13-15H,2,4,6-8,10-12H2,1H3/t13-,14+,15+/m1/s1. The SMILES string of the molecule is C[C@@H]1CCN(C(=O)COC[C@@H]2CCCO2)[C@H](c2ccco2)C1. The van der Waals surface area contributed by atoms with Crippen LogP contribution < -0.4 is 0 Å². The average molecular weight is 307 g/mol. The lowest BCUT2D eigenvalue weighted by Gasteiger charge is -2.37. The maximum absolute atomic E-state index is 12.5. The van der Waals surface area contributed by atoms with E-state index in [1.54, 1.807) is 6.26 Å². The predicted octanol–water partition coefficient (Wildman–Crippen LogP) is 2.77. The highest BCUT2D eigenvalue weighted by atomic mass is 16.5. The van der Waals surface area contributed by atoms with Crippen molar-refractivity contribution in [3.63, 3.8) is 0 Å². The molecule has 1 amide bonds. The monoisotopic (exact) mass is 307 g/mol. The van der Waals surface area contributed by atoms with E-state index >= 15 is 0 Å². The zero-order valence-electron chi connectivity index (χ0n) is 13.2. The van der Waals surface area contributed by atoms with Crippen molar-refractivity contribution in [1.29, 1.82) is 0 Å². The number of hydrogen-bond donors (Lipinski definition) is 0. The molecule has 0 aliphatic carbocycles. The molecular formula is C17H25NO4. The second-order valence-electron chi connectivity index (χ2n) is 6.40. The summed E-state index contributed by atoms with van der Waals surface area (Å²) in [5.74, 6) is 1.53. The number of piperidine rings is 1. The lowest BCUT2D eigenvalue weighted by atomic mass is 9.91. The summed E-state index contributed by atoms with van der Waals surface area (Å²) in [4.78, 5) is 14.4. The number of ether oxygens (including phenoxy) is 2. The Hall–Kier alpha value is -1.33. The zero-order chi connectivity index (χ0) is 15.4. The van der Waals surface area contributed by atoms with Crippen molar-refractivity contribution >= 4 is 5.91 Å². The van der Waals surface area contributed by atoms with E-state index in [1.165, 1.54) is 0 Å². The molecule has 22 heavy (non-hydrogen) atoms. The number of likely N-dealkylation sites (tertiary alicyclic amines) is 1. The molecule has 2 saturated heterocycles. The van der Waals surface area contributed by atoms with E-state index in [1.807, 2.05) is 17.0 Å². The average Bonchev–Trinajstić information content (AvgIpc) is 3.20. The van der Waals surface area contributed by atoms with Crippen LogP contribution in [-0.2, 0) is 14.3 Å².